The Morgan fingerprint density at radius 2 is 0.377 bits per heavy atom. The van der Waals surface area contributed by atoms with Crippen LogP contribution in [0.2, 0.25) is 0 Å². The highest BCUT2D eigenvalue weighted by atomic mass is 31.2. The minimum Gasteiger partial charge on any atom is -0.462 e. The van der Waals surface area contributed by atoms with Gasteiger partial charge in [0.15, 0.2) is 12.2 Å². The lowest BCUT2D eigenvalue weighted by molar-refractivity contribution is -0.161. The number of ether oxygens (including phenoxy) is 4. The van der Waals surface area contributed by atoms with Gasteiger partial charge in [0.2, 0.25) is 0 Å². The number of esters is 4. The molecule has 0 rings (SSSR count). The van der Waals surface area contributed by atoms with Gasteiger partial charge < -0.3 is 33.8 Å². The van der Waals surface area contributed by atoms with E-state index in [2.05, 4.69) is 27.7 Å². The molecule has 0 aliphatic rings. The van der Waals surface area contributed by atoms with E-state index in [1.165, 1.54) is 308 Å². The normalized spacial score (nSPS) is 13.7. The Morgan fingerprint density at radius 1 is 0.226 bits per heavy atom. The molecule has 0 aromatic heterocycles. The van der Waals surface area contributed by atoms with Gasteiger partial charge in [0.1, 0.15) is 19.3 Å². The number of hydrogen-bond donors (Lipinski definition) is 3. The van der Waals surface area contributed by atoms with Crippen molar-refractivity contribution >= 4 is 39.5 Å². The van der Waals surface area contributed by atoms with Crippen molar-refractivity contribution in [1.82, 2.24) is 0 Å². The molecule has 0 aromatic rings. The second-order valence-corrected chi connectivity index (χ2v) is 34.2. The first-order valence-corrected chi connectivity index (χ1v) is 48.3. The number of unbranched alkanes of at least 4 members (excludes halogenated alkanes) is 62. The summed E-state index contributed by atoms with van der Waals surface area (Å²) in [7, 11) is -9.93. The van der Waals surface area contributed by atoms with Crippen LogP contribution in [0.15, 0.2) is 0 Å². The number of rotatable bonds is 88. The molecule has 0 aromatic carbocycles. The van der Waals surface area contributed by atoms with Gasteiger partial charge in [-0.05, 0) is 25.7 Å². The first-order valence-electron chi connectivity index (χ1n) is 45.3. The predicted molar refractivity (Wildman–Crippen MR) is 437 cm³/mol. The van der Waals surface area contributed by atoms with Crippen LogP contribution in [0.1, 0.15) is 477 Å². The summed E-state index contributed by atoms with van der Waals surface area (Å²) >= 11 is 0. The fourth-order valence-corrected chi connectivity index (χ4v) is 15.3. The lowest BCUT2D eigenvalue weighted by Crippen LogP contribution is -2.30. The summed E-state index contributed by atoms with van der Waals surface area (Å²) in [4.78, 5) is 73.2. The molecule has 0 aliphatic heterocycles. The van der Waals surface area contributed by atoms with Gasteiger partial charge in [0.05, 0.1) is 26.4 Å². The van der Waals surface area contributed by atoms with Gasteiger partial charge in [-0.15, -0.1) is 0 Å². The molecule has 0 aliphatic carbocycles. The number of aliphatic hydroxyl groups excluding tert-OH is 1. The molecule has 0 amide bonds. The summed E-state index contributed by atoms with van der Waals surface area (Å²) in [6, 6.07) is 0. The maximum absolute atomic E-state index is 13.2. The highest BCUT2D eigenvalue weighted by Gasteiger charge is 2.30. The standard InChI is InChI=1S/C87H170O17P2/c1-5-9-13-17-21-25-29-32-35-37-39-41-43-45-47-50-54-58-62-66-70-74-87(92)104-83(78-98-85(90)72-68-64-60-56-52-49-46-44-42-40-38-36-33-30-26-22-18-14-10-6-2)80-102-106(95,96)100-76-81(88)75-99-105(93,94)101-79-82(77-97-84(89)71-67-63-59-55-51-28-24-20-16-12-8-4)103-86(91)73-69-65-61-57-53-48-34-31-27-23-19-15-11-7-3/h81-83,88H,5-80H2,1-4H3,(H,93,94)(H,95,96)/t81-,82+,83+/m0/s1. The third-order valence-corrected chi connectivity index (χ3v) is 22.5. The van der Waals surface area contributed by atoms with Crippen LogP contribution in [0.5, 0.6) is 0 Å². The molecule has 630 valence electrons. The van der Waals surface area contributed by atoms with E-state index in [1.807, 2.05) is 0 Å². The topological polar surface area (TPSA) is 237 Å². The fourth-order valence-electron chi connectivity index (χ4n) is 13.7. The third-order valence-electron chi connectivity index (χ3n) is 20.6. The Bertz CT molecular complexity index is 2000. The maximum Gasteiger partial charge on any atom is 0.472 e. The predicted octanol–water partition coefficient (Wildman–Crippen LogP) is 26.9. The summed E-state index contributed by atoms with van der Waals surface area (Å²) in [5.74, 6) is -2.10. The van der Waals surface area contributed by atoms with E-state index in [0.717, 1.165) is 89.9 Å². The van der Waals surface area contributed by atoms with Crippen molar-refractivity contribution in [3.05, 3.63) is 0 Å². The largest absolute Gasteiger partial charge is 0.472 e. The molecule has 5 atom stereocenters. The molecule has 2 unspecified atom stereocenters. The average Bonchev–Trinajstić information content (AvgIpc) is 0.900. The number of carbonyl (C=O) groups is 4. The molecule has 0 saturated heterocycles. The number of hydrogen-bond acceptors (Lipinski definition) is 15. The zero-order valence-electron chi connectivity index (χ0n) is 69.4. The van der Waals surface area contributed by atoms with Gasteiger partial charge in [-0.25, -0.2) is 9.13 Å². The van der Waals surface area contributed by atoms with Crippen molar-refractivity contribution in [3.63, 3.8) is 0 Å². The van der Waals surface area contributed by atoms with Crippen LogP contribution in [-0.2, 0) is 65.4 Å². The van der Waals surface area contributed by atoms with E-state index >= 15 is 0 Å². The molecule has 0 spiro atoms. The Balaban J connectivity index is 5.22. The van der Waals surface area contributed by atoms with Crippen LogP contribution < -0.4 is 0 Å². The van der Waals surface area contributed by atoms with Crippen molar-refractivity contribution in [3.8, 4) is 0 Å². The fraction of sp³-hybridized carbons (Fsp3) is 0.954. The molecule has 0 fully saturated rings. The van der Waals surface area contributed by atoms with E-state index in [0.29, 0.717) is 25.7 Å². The Morgan fingerprint density at radius 3 is 0.557 bits per heavy atom. The lowest BCUT2D eigenvalue weighted by Gasteiger charge is -2.21. The molecular weight excluding hydrogens is 1380 g/mol. The third kappa shape index (κ3) is 80.1. The van der Waals surface area contributed by atoms with E-state index in [4.69, 9.17) is 37.0 Å². The second-order valence-electron chi connectivity index (χ2n) is 31.3. The van der Waals surface area contributed by atoms with Crippen LogP contribution in [0.25, 0.3) is 0 Å². The van der Waals surface area contributed by atoms with Crippen molar-refractivity contribution in [2.24, 2.45) is 0 Å². The van der Waals surface area contributed by atoms with E-state index < -0.39 is 97.5 Å². The zero-order valence-corrected chi connectivity index (χ0v) is 71.2. The smallest absolute Gasteiger partial charge is 0.462 e. The Labute approximate surface area is 651 Å². The first-order chi connectivity index (χ1) is 51.7. The van der Waals surface area contributed by atoms with Gasteiger partial charge >= 0.3 is 39.5 Å². The number of aliphatic hydroxyl groups is 1. The summed E-state index contributed by atoms with van der Waals surface area (Å²) in [6.45, 7) is 5.06. The van der Waals surface area contributed by atoms with Gasteiger partial charge in [-0.1, -0.05) is 426 Å². The van der Waals surface area contributed by atoms with Gasteiger partial charge in [0, 0.05) is 25.7 Å². The average molecular weight is 1550 g/mol. The molecular formula is C87H170O17P2. The minimum absolute atomic E-state index is 0.109. The van der Waals surface area contributed by atoms with Crippen LogP contribution in [0.3, 0.4) is 0 Å². The highest BCUT2D eigenvalue weighted by Crippen LogP contribution is 2.45. The van der Waals surface area contributed by atoms with Crippen molar-refractivity contribution in [1.29, 1.82) is 0 Å². The van der Waals surface area contributed by atoms with E-state index in [-0.39, 0.29) is 25.7 Å². The number of carbonyl (C=O) groups excluding carboxylic acids is 4. The number of phosphoric ester groups is 2. The van der Waals surface area contributed by atoms with Crippen LogP contribution in [0, 0.1) is 0 Å². The molecule has 17 nitrogen and oxygen atoms in total. The molecule has 0 bridgehead atoms. The summed E-state index contributed by atoms with van der Waals surface area (Å²) in [6.07, 6.45) is 76.4. The molecule has 0 radical (unpaired) electrons. The number of phosphoric acid groups is 2. The Kier molecular flexibility index (Phi) is 79.6. The highest BCUT2D eigenvalue weighted by molar-refractivity contribution is 7.47. The minimum atomic E-state index is -4.97. The van der Waals surface area contributed by atoms with Crippen molar-refractivity contribution in [2.45, 2.75) is 495 Å². The molecule has 106 heavy (non-hydrogen) atoms. The molecule has 0 saturated carbocycles. The van der Waals surface area contributed by atoms with E-state index in [9.17, 15) is 43.2 Å². The Hall–Kier alpha value is -1.94. The monoisotopic (exact) mass is 1550 g/mol. The first kappa shape index (κ1) is 104. The zero-order chi connectivity index (χ0) is 77.4. The summed E-state index contributed by atoms with van der Waals surface area (Å²) in [5, 5.41) is 10.7. The SMILES string of the molecule is CCCCCCCCCCCCCCCCCCCCCCCC(=O)O[C@H](COC(=O)CCCCCCCCCCCCCCCCCCCCCC)COP(=O)(O)OC[C@@H](O)COP(=O)(O)OC[C@@H](COC(=O)CCCCCCCCCCCCC)OC(=O)CCCCCCCCCCCCCCCC. The molecule has 0 heterocycles. The quantitative estimate of drug-likeness (QED) is 0.0222. The van der Waals surface area contributed by atoms with E-state index in [1.54, 1.807) is 0 Å². The van der Waals surface area contributed by atoms with Gasteiger partial charge in [-0.3, -0.25) is 37.3 Å². The van der Waals surface area contributed by atoms with Crippen LogP contribution in [-0.4, -0.2) is 96.7 Å². The van der Waals surface area contributed by atoms with Gasteiger partial charge in [0.25, 0.3) is 0 Å². The van der Waals surface area contributed by atoms with Gasteiger partial charge in [-0.2, -0.15) is 0 Å². The van der Waals surface area contributed by atoms with Crippen molar-refractivity contribution in [2.75, 3.05) is 39.6 Å². The second kappa shape index (κ2) is 81.1. The van der Waals surface area contributed by atoms with Crippen molar-refractivity contribution < 1.29 is 80.2 Å². The maximum atomic E-state index is 13.2. The summed E-state index contributed by atoms with van der Waals surface area (Å²) in [5.41, 5.74) is 0. The molecule has 3 N–H and O–H groups in total. The summed E-state index contributed by atoms with van der Waals surface area (Å²) < 4.78 is 68.9. The lowest BCUT2D eigenvalue weighted by atomic mass is 10.0. The van der Waals surface area contributed by atoms with Crippen LogP contribution >= 0.6 is 15.6 Å². The van der Waals surface area contributed by atoms with Crippen LogP contribution in [0.4, 0.5) is 0 Å². The molecule has 19 heteroatoms.